The summed E-state index contributed by atoms with van der Waals surface area (Å²) in [6.45, 7) is 0. The smallest absolute Gasteiger partial charge is 0.168 e. The first-order valence-electron chi connectivity index (χ1n) is 5.56. The standard InChI is InChI=1S/C14H13FO2S/c1-17-13-6-2-4-10(14(13)15)8-11(16)9-12-5-3-7-18-12/h2-7H,8-9H2,1H3. The molecule has 2 rings (SSSR count). The quantitative estimate of drug-likeness (QED) is 0.828. The van der Waals surface area contributed by atoms with Gasteiger partial charge in [-0.2, -0.15) is 0 Å². The summed E-state index contributed by atoms with van der Waals surface area (Å²) in [5.74, 6) is -0.263. The van der Waals surface area contributed by atoms with Crippen LogP contribution in [0.1, 0.15) is 10.4 Å². The lowest BCUT2D eigenvalue weighted by Gasteiger charge is -2.06. The van der Waals surface area contributed by atoms with E-state index in [0.29, 0.717) is 12.0 Å². The Morgan fingerprint density at radius 2 is 2.11 bits per heavy atom. The molecule has 0 aliphatic rings. The fraction of sp³-hybridized carbons (Fsp3) is 0.214. The van der Waals surface area contributed by atoms with Crippen LogP contribution >= 0.6 is 11.3 Å². The van der Waals surface area contributed by atoms with Gasteiger partial charge in [0.1, 0.15) is 5.78 Å². The summed E-state index contributed by atoms with van der Waals surface area (Å²) < 4.78 is 18.7. The van der Waals surface area contributed by atoms with E-state index in [2.05, 4.69) is 0 Å². The fourth-order valence-electron chi connectivity index (χ4n) is 1.73. The fourth-order valence-corrected chi connectivity index (χ4v) is 2.47. The molecule has 0 atom stereocenters. The average molecular weight is 264 g/mol. The number of rotatable bonds is 5. The Kier molecular flexibility index (Phi) is 4.10. The van der Waals surface area contributed by atoms with Crippen LogP contribution in [-0.2, 0) is 17.6 Å². The first kappa shape index (κ1) is 12.8. The highest BCUT2D eigenvalue weighted by molar-refractivity contribution is 7.10. The van der Waals surface area contributed by atoms with E-state index in [0.717, 1.165) is 4.88 Å². The molecule has 0 aliphatic carbocycles. The van der Waals surface area contributed by atoms with Crippen LogP contribution in [0.2, 0.25) is 0 Å². The number of ketones is 1. The lowest BCUT2D eigenvalue weighted by Crippen LogP contribution is -2.07. The van der Waals surface area contributed by atoms with Gasteiger partial charge in [-0.1, -0.05) is 18.2 Å². The number of carbonyl (C=O) groups is 1. The molecule has 18 heavy (non-hydrogen) atoms. The van der Waals surface area contributed by atoms with Crippen molar-refractivity contribution in [2.24, 2.45) is 0 Å². The van der Waals surface area contributed by atoms with Crippen molar-refractivity contribution in [2.45, 2.75) is 12.8 Å². The van der Waals surface area contributed by atoms with Crippen LogP contribution < -0.4 is 4.74 Å². The number of benzene rings is 1. The highest BCUT2D eigenvalue weighted by Gasteiger charge is 2.12. The molecule has 0 saturated heterocycles. The zero-order chi connectivity index (χ0) is 13.0. The Morgan fingerprint density at radius 3 is 2.78 bits per heavy atom. The molecule has 0 saturated carbocycles. The van der Waals surface area contributed by atoms with E-state index in [1.807, 2.05) is 17.5 Å². The van der Waals surface area contributed by atoms with Crippen molar-refractivity contribution in [1.82, 2.24) is 0 Å². The minimum Gasteiger partial charge on any atom is -0.494 e. The number of hydrogen-bond donors (Lipinski definition) is 0. The largest absolute Gasteiger partial charge is 0.494 e. The summed E-state index contributed by atoms with van der Waals surface area (Å²) in [7, 11) is 1.41. The molecule has 0 amide bonds. The molecule has 94 valence electrons. The number of methoxy groups -OCH3 is 1. The number of ether oxygens (including phenoxy) is 1. The van der Waals surface area contributed by atoms with E-state index >= 15 is 0 Å². The lowest BCUT2D eigenvalue weighted by atomic mass is 10.1. The van der Waals surface area contributed by atoms with Crippen LogP contribution in [0, 0.1) is 5.82 Å². The topological polar surface area (TPSA) is 26.3 Å². The SMILES string of the molecule is COc1cccc(CC(=O)Cc2cccs2)c1F. The zero-order valence-electron chi connectivity index (χ0n) is 9.98. The first-order valence-corrected chi connectivity index (χ1v) is 6.44. The van der Waals surface area contributed by atoms with Gasteiger partial charge in [-0.25, -0.2) is 4.39 Å². The summed E-state index contributed by atoms with van der Waals surface area (Å²) in [5.41, 5.74) is 0.385. The summed E-state index contributed by atoms with van der Waals surface area (Å²) in [6.07, 6.45) is 0.454. The minimum atomic E-state index is -0.445. The van der Waals surface area contributed by atoms with Crippen molar-refractivity contribution in [3.8, 4) is 5.75 Å². The molecule has 0 bridgehead atoms. The summed E-state index contributed by atoms with van der Waals surface area (Å²) in [4.78, 5) is 12.8. The van der Waals surface area contributed by atoms with Crippen LogP contribution in [0.25, 0.3) is 0 Å². The van der Waals surface area contributed by atoms with Crippen LogP contribution in [0.3, 0.4) is 0 Å². The van der Waals surface area contributed by atoms with E-state index in [4.69, 9.17) is 4.74 Å². The van der Waals surface area contributed by atoms with Gasteiger partial charge in [0.2, 0.25) is 0 Å². The third-order valence-corrected chi connectivity index (χ3v) is 3.48. The summed E-state index contributed by atoms with van der Waals surface area (Å²) in [5, 5.41) is 1.93. The summed E-state index contributed by atoms with van der Waals surface area (Å²) in [6, 6.07) is 8.66. The van der Waals surface area contributed by atoms with Gasteiger partial charge >= 0.3 is 0 Å². The maximum Gasteiger partial charge on any atom is 0.168 e. The zero-order valence-corrected chi connectivity index (χ0v) is 10.8. The molecule has 0 unspecified atom stereocenters. The molecular formula is C14H13FO2S. The molecule has 2 aromatic rings. The van der Waals surface area contributed by atoms with Gasteiger partial charge in [0.05, 0.1) is 7.11 Å². The molecule has 1 aromatic heterocycles. The molecule has 0 aliphatic heterocycles. The second-order valence-electron chi connectivity index (χ2n) is 3.90. The predicted molar refractivity (Wildman–Crippen MR) is 69.7 cm³/mol. The molecule has 2 nitrogen and oxygen atoms in total. The highest BCUT2D eigenvalue weighted by Crippen LogP contribution is 2.21. The molecule has 0 fully saturated rings. The molecular weight excluding hydrogens is 251 g/mol. The van der Waals surface area contributed by atoms with Gasteiger partial charge < -0.3 is 4.74 Å². The second kappa shape index (κ2) is 5.78. The minimum absolute atomic E-state index is 0.00426. The van der Waals surface area contributed by atoms with E-state index in [1.54, 1.807) is 18.2 Å². The van der Waals surface area contributed by atoms with Crippen LogP contribution in [0.4, 0.5) is 4.39 Å². The molecule has 4 heteroatoms. The maximum atomic E-state index is 13.8. The Hall–Kier alpha value is -1.68. The van der Waals surface area contributed by atoms with Gasteiger partial charge in [-0.05, 0) is 23.1 Å². The monoisotopic (exact) mass is 264 g/mol. The number of halogens is 1. The molecule has 0 N–H and O–H groups in total. The Morgan fingerprint density at radius 1 is 1.28 bits per heavy atom. The number of thiophene rings is 1. The summed E-state index contributed by atoms with van der Waals surface area (Å²) >= 11 is 1.53. The molecule has 0 spiro atoms. The second-order valence-corrected chi connectivity index (χ2v) is 4.94. The third kappa shape index (κ3) is 2.96. The van der Waals surface area contributed by atoms with Gasteiger partial charge in [-0.3, -0.25) is 4.79 Å². The van der Waals surface area contributed by atoms with E-state index in [9.17, 15) is 9.18 Å². The Balaban J connectivity index is 2.07. The van der Waals surface area contributed by atoms with Gasteiger partial charge in [-0.15, -0.1) is 11.3 Å². The normalized spacial score (nSPS) is 10.3. The first-order chi connectivity index (χ1) is 8.70. The van der Waals surface area contributed by atoms with Crippen molar-refractivity contribution in [1.29, 1.82) is 0 Å². The molecule has 1 aromatic carbocycles. The van der Waals surface area contributed by atoms with E-state index in [1.165, 1.54) is 18.4 Å². The lowest BCUT2D eigenvalue weighted by molar-refractivity contribution is -0.117. The predicted octanol–water partition coefficient (Wildman–Crippen LogP) is 3.25. The highest BCUT2D eigenvalue weighted by atomic mass is 32.1. The number of hydrogen-bond acceptors (Lipinski definition) is 3. The van der Waals surface area contributed by atoms with Crippen LogP contribution in [0.5, 0.6) is 5.75 Å². The van der Waals surface area contributed by atoms with Crippen LogP contribution in [0.15, 0.2) is 35.7 Å². The van der Waals surface area contributed by atoms with Crippen molar-refractivity contribution in [2.75, 3.05) is 7.11 Å². The van der Waals surface area contributed by atoms with E-state index < -0.39 is 5.82 Å². The Bertz CT molecular complexity index is 535. The number of carbonyl (C=O) groups excluding carboxylic acids is 1. The van der Waals surface area contributed by atoms with Crippen molar-refractivity contribution < 1.29 is 13.9 Å². The van der Waals surface area contributed by atoms with Gasteiger partial charge in [0.15, 0.2) is 11.6 Å². The molecule has 1 heterocycles. The van der Waals surface area contributed by atoms with Crippen LogP contribution in [-0.4, -0.2) is 12.9 Å². The van der Waals surface area contributed by atoms with Crippen molar-refractivity contribution in [3.63, 3.8) is 0 Å². The third-order valence-electron chi connectivity index (χ3n) is 2.60. The Labute approximate surface area is 109 Å². The van der Waals surface area contributed by atoms with Crippen molar-refractivity contribution in [3.05, 3.63) is 52.0 Å². The average Bonchev–Trinajstić information content (AvgIpc) is 2.84. The number of Topliss-reactive ketones (excluding diaryl/α,β-unsaturated/α-hetero) is 1. The maximum absolute atomic E-state index is 13.8. The van der Waals surface area contributed by atoms with Gasteiger partial charge in [0.25, 0.3) is 0 Å². The van der Waals surface area contributed by atoms with E-state index in [-0.39, 0.29) is 18.0 Å². The van der Waals surface area contributed by atoms with Gasteiger partial charge in [0, 0.05) is 17.7 Å². The molecule has 0 radical (unpaired) electrons. The van der Waals surface area contributed by atoms with Crippen molar-refractivity contribution >= 4 is 17.1 Å².